The number of hydrogen-bond acceptors (Lipinski definition) is 4. The van der Waals surface area contributed by atoms with Crippen molar-refractivity contribution in [2.75, 3.05) is 7.11 Å². The van der Waals surface area contributed by atoms with E-state index in [2.05, 4.69) is 4.74 Å². The van der Waals surface area contributed by atoms with Crippen molar-refractivity contribution in [1.82, 2.24) is 0 Å². The first-order valence-corrected chi connectivity index (χ1v) is 6.62. The molecule has 1 unspecified atom stereocenters. The van der Waals surface area contributed by atoms with Crippen LogP contribution in [0.1, 0.15) is 16.1 Å². The first-order chi connectivity index (χ1) is 8.72. The van der Waals surface area contributed by atoms with E-state index in [4.69, 9.17) is 4.42 Å². The quantitative estimate of drug-likeness (QED) is 0.795. The lowest BCUT2D eigenvalue weighted by atomic mass is 10.3. The second-order valence-electron chi connectivity index (χ2n) is 3.57. The normalized spacial score (nSPS) is 12.1. The van der Waals surface area contributed by atoms with Crippen LogP contribution in [0.2, 0.25) is 0 Å². The lowest BCUT2D eigenvalue weighted by molar-refractivity contribution is 0.0564. The van der Waals surface area contributed by atoms with Crippen LogP contribution in [-0.2, 0) is 21.3 Å². The van der Waals surface area contributed by atoms with Gasteiger partial charge in [0.05, 0.1) is 29.9 Å². The van der Waals surface area contributed by atoms with E-state index >= 15 is 0 Å². The molecule has 1 heterocycles. The molecule has 0 bridgehead atoms. The summed E-state index contributed by atoms with van der Waals surface area (Å²) in [7, 11) is 0.0712. The minimum Gasteiger partial charge on any atom is -0.463 e. The molecule has 4 nitrogen and oxygen atoms in total. The summed E-state index contributed by atoms with van der Waals surface area (Å²) in [6, 6.07) is 10.7. The molecule has 0 radical (unpaired) electrons. The van der Waals surface area contributed by atoms with Crippen molar-refractivity contribution < 1.29 is 18.2 Å². The van der Waals surface area contributed by atoms with Crippen molar-refractivity contribution in [3.8, 4) is 0 Å². The van der Waals surface area contributed by atoms with Gasteiger partial charge in [0, 0.05) is 10.5 Å². The second kappa shape index (κ2) is 5.64. The van der Waals surface area contributed by atoms with Crippen LogP contribution >= 0.6 is 0 Å². The first kappa shape index (κ1) is 12.6. The highest BCUT2D eigenvalue weighted by Gasteiger charge is 2.18. The Morgan fingerprint density at radius 2 is 2.00 bits per heavy atom. The largest absolute Gasteiger partial charge is 0.463 e. The number of carbonyl (C=O) groups excluding carboxylic acids is 1. The van der Waals surface area contributed by atoms with E-state index in [1.54, 1.807) is 18.2 Å². The molecule has 1 atom stereocenters. The molecule has 0 saturated carbocycles. The maximum atomic E-state index is 12.1. The SMILES string of the molecule is COC(=O)c1occc1CS(=O)c1ccccc1. The summed E-state index contributed by atoms with van der Waals surface area (Å²) < 4.78 is 21.7. The summed E-state index contributed by atoms with van der Waals surface area (Å²) in [4.78, 5) is 12.1. The number of carbonyl (C=O) groups is 1. The Morgan fingerprint density at radius 3 is 2.67 bits per heavy atom. The molecule has 0 spiro atoms. The summed E-state index contributed by atoms with van der Waals surface area (Å²) in [5.74, 6) is -0.216. The van der Waals surface area contributed by atoms with E-state index in [9.17, 15) is 9.00 Å². The van der Waals surface area contributed by atoms with Gasteiger partial charge in [-0.15, -0.1) is 0 Å². The van der Waals surface area contributed by atoms with Crippen LogP contribution in [0.5, 0.6) is 0 Å². The van der Waals surface area contributed by atoms with E-state index in [0.717, 1.165) is 4.90 Å². The predicted molar refractivity (Wildman–Crippen MR) is 66.6 cm³/mol. The van der Waals surface area contributed by atoms with Gasteiger partial charge in [0.25, 0.3) is 0 Å². The zero-order valence-electron chi connectivity index (χ0n) is 9.79. The van der Waals surface area contributed by atoms with Crippen LogP contribution in [0.15, 0.2) is 52.0 Å². The van der Waals surface area contributed by atoms with Crippen LogP contribution in [0.25, 0.3) is 0 Å². The molecule has 0 amide bonds. The number of ether oxygens (including phenoxy) is 1. The Hall–Kier alpha value is -1.88. The molecule has 0 aliphatic rings. The van der Waals surface area contributed by atoms with Crippen molar-refractivity contribution in [3.63, 3.8) is 0 Å². The van der Waals surface area contributed by atoms with E-state index in [0.29, 0.717) is 5.56 Å². The number of rotatable bonds is 4. The predicted octanol–water partition coefficient (Wildman–Crippen LogP) is 2.37. The average Bonchev–Trinajstić information content (AvgIpc) is 2.87. The van der Waals surface area contributed by atoms with Gasteiger partial charge in [0.15, 0.2) is 0 Å². The van der Waals surface area contributed by atoms with Crippen LogP contribution in [0.3, 0.4) is 0 Å². The van der Waals surface area contributed by atoms with E-state index in [1.807, 2.05) is 18.2 Å². The number of esters is 1. The minimum absolute atomic E-state index is 0.113. The van der Waals surface area contributed by atoms with Crippen molar-refractivity contribution in [3.05, 3.63) is 54.0 Å². The first-order valence-electron chi connectivity index (χ1n) is 5.30. The Bertz CT molecular complexity index is 559. The fourth-order valence-corrected chi connectivity index (χ4v) is 2.66. The number of benzene rings is 1. The summed E-state index contributed by atoms with van der Waals surface area (Å²) in [5, 5.41) is 0. The van der Waals surface area contributed by atoms with Gasteiger partial charge in [-0.25, -0.2) is 4.79 Å². The Morgan fingerprint density at radius 1 is 1.28 bits per heavy atom. The molecule has 0 aliphatic heterocycles. The minimum atomic E-state index is -1.21. The summed E-state index contributed by atoms with van der Waals surface area (Å²) in [5.41, 5.74) is 0.587. The monoisotopic (exact) mass is 264 g/mol. The third-order valence-corrected chi connectivity index (χ3v) is 3.78. The molecule has 2 rings (SSSR count). The Balaban J connectivity index is 2.18. The molecule has 94 valence electrons. The van der Waals surface area contributed by atoms with Crippen molar-refractivity contribution >= 4 is 16.8 Å². The highest BCUT2D eigenvalue weighted by molar-refractivity contribution is 7.84. The highest BCUT2D eigenvalue weighted by atomic mass is 32.2. The third-order valence-electron chi connectivity index (χ3n) is 2.41. The Kier molecular flexibility index (Phi) is 3.94. The zero-order valence-corrected chi connectivity index (χ0v) is 10.6. The van der Waals surface area contributed by atoms with Crippen LogP contribution < -0.4 is 0 Å². The number of methoxy groups -OCH3 is 1. The molecular formula is C13H12O4S. The van der Waals surface area contributed by atoms with Crippen molar-refractivity contribution in [2.45, 2.75) is 10.6 Å². The van der Waals surface area contributed by atoms with Gasteiger partial charge in [-0.1, -0.05) is 18.2 Å². The van der Waals surface area contributed by atoms with Gasteiger partial charge in [0.2, 0.25) is 5.76 Å². The van der Waals surface area contributed by atoms with Gasteiger partial charge in [-0.05, 0) is 18.2 Å². The highest BCUT2D eigenvalue weighted by Crippen LogP contribution is 2.17. The topological polar surface area (TPSA) is 56.5 Å². The van der Waals surface area contributed by atoms with Crippen LogP contribution in [-0.4, -0.2) is 17.3 Å². The maximum Gasteiger partial charge on any atom is 0.374 e. The number of furan rings is 1. The molecule has 1 aromatic carbocycles. The molecule has 1 aromatic heterocycles. The molecule has 18 heavy (non-hydrogen) atoms. The Labute approximate surface area is 107 Å². The maximum absolute atomic E-state index is 12.1. The fraction of sp³-hybridized carbons (Fsp3) is 0.154. The second-order valence-corrected chi connectivity index (χ2v) is 5.02. The number of hydrogen-bond donors (Lipinski definition) is 0. The van der Waals surface area contributed by atoms with Gasteiger partial charge >= 0.3 is 5.97 Å². The summed E-state index contributed by atoms with van der Waals surface area (Å²) in [6.07, 6.45) is 1.39. The standard InChI is InChI=1S/C13H12O4S/c1-16-13(14)12-10(7-8-17-12)9-18(15)11-5-3-2-4-6-11/h2-8H,9H2,1H3. The van der Waals surface area contributed by atoms with Gasteiger partial charge in [-0.3, -0.25) is 4.21 Å². The molecule has 0 saturated heterocycles. The van der Waals surface area contributed by atoms with E-state index < -0.39 is 16.8 Å². The average molecular weight is 264 g/mol. The zero-order chi connectivity index (χ0) is 13.0. The fourth-order valence-electron chi connectivity index (χ4n) is 1.52. The van der Waals surface area contributed by atoms with Crippen molar-refractivity contribution in [2.24, 2.45) is 0 Å². The molecule has 5 heteroatoms. The van der Waals surface area contributed by atoms with E-state index in [-0.39, 0.29) is 11.5 Å². The van der Waals surface area contributed by atoms with Gasteiger partial charge < -0.3 is 9.15 Å². The summed E-state index contributed by atoms with van der Waals surface area (Å²) in [6.45, 7) is 0. The van der Waals surface area contributed by atoms with E-state index in [1.165, 1.54) is 13.4 Å². The lowest BCUT2D eigenvalue weighted by Gasteiger charge is -2.02. The lowest BCUT2D eigenvalue weighted by Crippen LogP contribution is -2.05. The molecule has 0 aliphatic carbocycles. The van der Waals surface area contributed by atoms with Crippen LogP contribution in [0, 0.1) is 0 Å². The molecule has 0 fully saturated rings. The summed E-state index contributed by atoms with van der Waals surface area (Å²) >= 11 is 0. The molecular weight excluding hydrogens is 252 g/mol. The smallest absolute Gasteiger partial charge is 0.374 e. The third kappa shape index (κ3) is 2.68. The van der Waals surface area contributed by atoms with Gasteiger partial charge in [-0.2, -0.15) is 0 Å². The van der Waals surface area contributed by atoms with Crippen molar-refractivity contribution in [1.29, 1.82) is 0 Å². The van der Waals surface area contributed by atoms with Crippen LogP contribution in [0.4, 0.5) is 0 Å². The molecule has 0 N–H and O–H groups in total. The van der Waals surface area contributed by atoms with Gasteiger partial charge in [0.1, 0.15) is 0 Å². The molecule has 2 aromatic rings.